The molecule has 1 N–H and O–H groups in total. The quantitative estimate of drug-likeness (QED) is 0.785. The monoisotopic (exact) mass is 332 g/mol. The molecule has 1 fully saturated rings. The standard InChI is InChI=1S/C21H32O3/c1-13-7-6-8-16-14(2)20(3,9-10-21(13,16)4)12-15-17(22)11-18(24-5)19(15)23/h7,11,14-16,19,23H,6,8-10,12H2,1-5H3/t14-,15-,16+,19-,20-,21-/m1/s1. The van der Waals surface area contributed by atoms with Crippen LogP contribution in [0, 0.1) is 28.6 Å². The van der Waals surface area contributed by atoms with Crippen molar-refractivity contribution < 1.29 is 14.6 Å². The number of hydrogen-bond donors (Lipinski definition) is 1. The Bertz CT molecular complexity index is 590. The number of aliphatic hydroxyl groups is 1. The summed E-state index contributed by atoms with van der Waals surface area (Å²) in [7, 11) is 1.53. The zero-order valence-corrected chi connectivity index (χ0v) is 15.8. The summed E-state index contributed by atoms with van der Waals surface area (Å²) in [5, 5.41) is 10.5. The molecular formula is C21H32O3. The molecule has 0 aromatic rings. The van der Waals surface area contributed by atoms with E-state index in [2.05, 4.69) is 33.8 Å². The first-order valence-electron chi connectivity index (χ1n) is 9.37. The molecule has 1 saturated carbocycles. The van der Waals surface area contributed by atoms with Crippen molar-refractivity contribution in [1.29, 1.82) is 0 Å². The lowest BCUT2D eigenvalue weighted by Gasteiger charge is -2.56. The van der Waals surface area contributed by atoms with Gasteiger partial charge in [-0.2, -0.15) is 0 Å². The van der Waals surface area contributed by atoms with Crippen molar-refractivity contribution in [3.8, 4) is 0 Å². The van der Waals surface area contributed by atoms with Crippen LogP contribution in [0.4, 0.5) is 0 Å². The van der Waals surface area contributed by atoms with Gasteiger partial charge in [-0.3, -0.25) is 4.79 Å². The number of allylic oxidation sites excluding steroid dienone is 3. The molecule has 0 saturated heterocycles. The molecule has 3 aliphatic rings. The Morgan fingerprint density at radius 2 is 2.04 bits per heavy atom. The SMILES string of the molecule is COC1=CC(=O)[C@@H](C[C@@]2(C)CC[C@]3(C)C(C)=CCC[C@H]3[C@H]2C)[C@H]1O. The molecule has 0 amide bonds. The van der Waals surface area contributed by atoms with Gasteiger partial charge in [-0.1, -0.05) is 32.4 Å². The van der Waals surface area contributed by atoms with E-state index in [9.17, 15) is 9.90 Å². The van der Waals surface area contributed by atoms with Gasteiger partial charge < -0.3 is 9.84 Å². The maximum Gasteiger partial charge on any atom is 0.165 e. The number of ketones is 1. The van der Waals surface area contributed by atoms with Gasteiger partial charge in [-0.15, -0.1) is 0 Å². The summed E-state index contributed by atoms with van der Waals surface area (Å²) in [5.41, 5.74) is 1.96. The first kappa shape index (κ1) is 17.7. The molecule has 134 valence electrons. The first-order chi connectivity index (χ1) is 11.2. The third kappa shape index (κ3) is 2.56. The summed E-state index contributed by atoms with van der Waals surface area (Å²) in [5.74, 6) is 1.34. The highest BCUT2D eigenvalue weighted by Crippen LogP contribution is 2.60. The Morgan fingerprint density at radius 3 is 2.67 bits per heavy atom. The third-order valence-electron chi connectivity index (χ3n) is 7.81. The number of hydrogen-bond acceptors (Lipinski definition) is 3. The number of rotatable bonds is 3. The largest absolute Gasteiger partial charge is 0.498 e. The Hall–Kier alpha value is -1.09. The average Bonchev–Trinajstić information content (AvgIpc) is 2.81. The lowest BCUT2D eigenvalue weighted by atomic mass is 9.48. The molecule has 6 atom stereocenters. The molecule has 3 heteroatoms. The second-order valence-corrected chi connectivity index (χ2v) is 8.84. The van der Waals surface area contributed by atoms with E-state index in [0.717, 1.165) is 12.8 Å². The number of ether oxygens (including phenoxy) is 1. The van der Waals surface area contributed by atoms with E-state index in [0.29, 0.717) is 23.0 Å². The molecular weight excluding hydrogens is 300 g/mol. The maximum absolute atomic E-state index is 12.3. The number of fused-ring (bicyclic) bond motifs is 1. The predicted molar refractivity (Wildman–Crippen MR) is 95.3 cm³/mol. The minimum absolute atomic E-state index is 0.0285. The smallest absolute Gasteiger partial charge is 0.165 e. The lowest BCUT2D eigenvalue weighted by molar-refractivity contribution is -0.123. The highest BCUT2D eigenvalue weighted by atomic mass is 16.5. The molecule has 0 aromatic heterocycles. The van der Waals surface area contributed by atoms with Gasteiger partial charge in [0, 0.05) is 6.08 Å². The van der Waals surface area contributed by atoms with Crippen LogP contribution in [-0.4, -0.2) is 24.1 Å². The topological polar surface area (TPSA) is 46.5 Å². The van der Waals surface area contributed by atoms with Crippen LogP contribution in [0.1, 0.15) is 59.8 Å². The fourth-order valence-electron chi connectivity index (χ4n) is 5.64. The van der Waals surface area contributed by atoms with Crippen LogP contribution in [0.25, 0.3) is 0 Å². The van der Waals surface area contributed by atoms with Crippen molar-refractivity contribution in [3.05, 3.63) is 23.5 Å². The summed E-state index contributed by atoms with van der Waals surface area (Å²) in [6, 6.07) is 0. The van der Waals surface area contributed by atoms with Crippen LogP contribution in [0.2, 0.25) is 0 Å². The number of methoxy groups -OCH3 is 1. The number of aliphatic hydroxyl groups excluding tert-OH is 1. The average molecular weight is 332 g/mol. The second kappa shape index (κ2) is 6.01. The summed E-state index contributed by atoms with van der Waals surface area (Å²) in [6.07, 6.45) is 8.61. The number of carbonyl (C=O) groups is 1. The van der Waals surface area contributed by atoms with Crippen LogP contribution in [0.3, 0.4) is 0 Å². The molecule has 0 unspecified atom stereocenters. The van der Waals surface area contributed by atoms with Gasteiger partial charge in [-0.05, 0) is 61.7 Å². The number of carbonyl (C=O) groups excluding carboxylic acids is 1. The van der Waals surface area contributed by atoms with Crippen LogP contribution >= 0.6 is 0 Å². The van der Waals surface area contributed by atoms with Crippen molar-refractivity contribution in [2.75, 3.05) is 7.11 Å². The van der Waals surface area contributed by atoms with Crippen molar-refractivity contribution in [2.45, 2.75) is 65.9 Å². The van der Waals surface area contributed by atoms with Crippen molar-refractivity contribution >= 4 is 5.78 Å². The zero-order chi connectivity index (χ0) is 17.7. The Labute approximate surface area is 146 Å². The summed E-state index contributed by atoms with van der Waals surface area (Å²) < 4.78 is 5.17. The minimum Gasteiger partial charge on any atom is -0.498 e. The van der Waals surface area contributed by atoms with Crippen LogP contribution in [0.15, 0.2) is 23.5 Å². The van der Waals surface area contributed by atoms with Crippen LogP contribution in [0.5, 0.6) is 0 Å². The van der Waals surface area contributed by atoms with Gasteiger partial charge in [0.25, 0.3) is 0 Å². The van der Waals surface area contributed by atoms with E-state index < -0.39 is 6.10 Å². The van der Waals surface area contributed by atoms with Crippen molar-refractivity contribution in [2.24, 2.45) is 28.6 Å². The normalized spacial score (nSPS) is 45.5. The molecule has 0 aromatic carbocycles. The fraction of sp³-hybridized carbons (Fsp3) is 0.762. The van der Waals surface area contributed by atoms with Gasteiger partial charge in [0.15, 0.2) is 5.78 Å². The minimum atomic E-state index is -0.771. The third-order valence-corrected chi connectivity index (χ3v) is 7.81. The molecule has 3 nitrogen and oxygen atoms in total. The Kier molecular flexibility index (Phi) is 4.44. The molecule has 3 rings (SSSR count). The van der Waals surface area contributed by atoms with E-state index in [1.807, 2.05) is 0 Å². The molecule has 0 heterocycles. The highest BCUT2D eigenvalue weighted by molar-refractivity contribution is 5.95. The maximum atomic E-state index is 12.3. The molecule has 0 aliphatic heterocycles. The fourth-order valence-corrected chi connectivity index (χ4v) is 5.64. The highest BCUT2D eigenvalue weighted by Gasteiger charge is 2.53. The van der Waals surface area contributed by atoms with E-state index in [4.69, 9.17) is 4.74 Å². The van der Waals surface area contributed by atoms with Gasteiger partial charge >= 0.3 is 0 Å². The molecule has 0 radical (unpaired) electrons. The Morgan fingerprint density at radius 1 is 1.33 bits per heavy atom. The van der Waals surface area contributed by atoms with E-state index in [1.54, 1.807) is 5.57 Å². The van der Waals surface area contributed by atoms with Gasteiger partial charge in [0.2, 0.25) is 0 Å². The van der Waals surface area contributed by atoms with E-state index in [1.165, 1.54) is 32.4 Å². The predicted octanol–water partition coefficient (Wildman–Crippen LogP) is 4.27. The molecule has 3 aliphatic carbocycles. The van der Waals surface area contributed by atoms with Crippen molar-refractivity contribution in [3.63, 3.8) is 0 Å². The van der Waals surface area contributed by atoms with Gasteiger partial charge in [0.05, 0.1) is 13.0 Å². The lowest BCUT2D eigenvalue weighted by Crippen LogP contribution is -2.48. The zero-order valence-electron chi connectivity index (χ0n) is 15.8. The van der Waals surface area contributed by atoms with Gasteiger partial charge in [0.1, 0.15) is 11.9 Å². The second-order valence-electron chi connectivity index (χ2n) is 8.84. The first-order valence-corrected chi connectivity index (χ1v) is 9.37. The van der Waals surface area contributed by atoms with E-state index in [-0.39, 0.29) is 17.1 Å². The van der Waals surface area contributed by atoms with Crippen molar-refractivity contribution in [1.82, 2.24) is 0 Å². The van der Waals surface area contributed by atoms with Crippen LogP contribution < -0.4 is 0 Å². The Balaban J connectivity index is 1.80. The molecule has 0 spiro atoms. The molecule has 0 bridgehead atoms. The summed E-state index contributed by atoms with van der Waals surface area (Å²) in [4.78, 5) is 12.3. The van der Waals surface area contributed by atoms with E-state index >= 15 is 0 Å². The molecule has 24 heavy (non-hydrogen) atoms. The summed E-state index contributed by atoms with van der Waals surface area (Å²) >= 11 is 0. The van der Waals surface area contributed by atoms with Gasteiger partial charge in [-0.25, -0.2) is 0 Å². The summed E-state index contributed by atoms with van der Waals surface area (Å²) in [6.45, 7) is 9.42. The van der Waals surface area contributed by atoms with Crippen LogP contribution in [-0.2, 0) is 9.53 Å².